The minimum atomic E-state index is -1.02. The van der Waals surface area contributed by atoms with E-state index in [-0.39, 0.29) is 31.6 Å². The Hall–Kier alpha value is -2.08. The highest BCUT2D eigenvalue weighted by atomic mass is 16.5. The molecule has 0 aliphatic carbocycles. The molecule has 1 aliphatic rings. The van der Waals surface area contributed by atoms with E-state index in [9.17, 15) is 14.7 Å². The molecule has 1 amide bonds. The van der Waals surface area contributed by atoms with E-state index in [0.717, 1.165) is 5.56 Å². The topological polar surface area (TPSA) is 76.1 Å². The Morgan fingerprint density at radius 2 is 2.04 bits per heavy atom. The number of hydrogen-bond donors (Lipinski definition) is 1. The first-order chi connectivity index (χ1) is 11.9. The fourth-order valence-electron chi connectivity index (χ4n) is 3.27. The monoisotopic (exact) mass is 349 g/mol. The lowest BCUT2D eigenvalue weighted by Crippen LogP contribution is -2.52. The van der Waals surface area contributed by atoms with Crippen molar-refractivity contribution in [3.8, 4) is 5.75 Å². The quantitative estimate of drug-likeness (QED) is 0.818. The molecule has 1 aromatic carbocycles. The summed E-state index contributed by atoms with van der Waals surface area (Å²) < 4.78 is 10.9. The molecule has 2 rings (SSSR count). The highest BCUT2D eigenvalue weighted by Crippen LogP contribution is 2.31. The van der Waals surface area contributed by atoms with Crippen LogP contribution in [0.5, 0.6) is 5.75 Å². The molecular formula is C19H27NO5. The molecule has 6 heteroatoms. The van der Waals surface area contributed by atoms with Crippen LogP contribution in [0.15, 0.2) is 24.3 Å². The van der Waals surface area contributed by atoms with E-state index in [1.165, 1.54) is 7.11 Å². The third-order valence-electron chi connectivity index (χ3n) is 4.48. The van der Waals surface area contributed by atoms with Gasteiger partial charge in [-0.25, -0.2) is 0 Å². The lowest BCUT2D eigenvalue weighted by atomic mass is 9.80. The van der Waals surface area contributed by atoms with Crippen molar-refractivity contribution < 1.29 is 24.2 Å². The van der Waals surface area contributed by atoms with Gasteiger partial charge in [0.2, 0.25) is 5.91 Å². The molecule has 1 unspecified atom stereocenters. The van der Waals surface area contributed by atoms with E-state index < -0.39 is 11.4 Å². The van der Waals surface area contributed by atoms with Gasteiger partial charge in [0, 0.05) is 25.8 Å². The Bertz CT molecular complexity index is 612. The molecule has 1 saturated heterocycles. The van der Waals surface area contributed by atoms with Gasteiger partial charge in [0.1, 0.15) is 11.2 Å². The van der Waals surface area contributed by atoms with Crippen molar-refractivity contribution in [1.82, 2.24) is 4.90 Å². The van der Waals surface area contributed by atoms with Gasteiger partial charge in [-0.1, -0.05) is 18.2 Å². The fraction of sp³-hybridized carbons (Fsp3) is 0.579. The van der Waals surface area contributed by atoms with Gasteiger partial charge in [0.05, 0.1) is 19.1 Å². The number of nitrogens with zero attached hydrogens (tertiary/aromatic N) is 1. The number of carbonyl (C=O) groups is 2. The number of piperidine rings is 1. The summed E-state index contributed by atoms with van der Waals surface area (Å²) in [6, 6.07) is 7.48. The molecule has 1 heterocycles. The number of ether oxygens (including phenoxy) is 2. The van der Waals surface area contributed by atoms with Gasteiger partial charge in [-0.2, -0.15) is 0 Å². The van der Waals surface area contributed by atoms with Crippen molar-refractivity contribution in [1.29, 1.82) is 0 Å². The van der Waals surface area contributed by atoms with Crippen LogP contribution in [-0.2, 0) is 20.7 Å². The number of aliphatic carboxylic acids is 1. The Kier molecular flexibility index (Phi) is 6.42. The SMILES string of the molecule is COCC1(C(=O)O)CCCN(C(=O)Cc2ccccc2OC(C)C)C1. The van der Waals surface area contributed by atoms with Crippen LogP contribution in [0.25, 0.3) is 0 Å². The summed E-state index contributed by atoms with van der Waals surface area (Å²) in [7, 11) is 1.49. The van der Waals surface area contributed by atoms with Gasteiger partial charge in [0.25, 0.3) is 0 Å². The zero-order chi connectivity index (χ0) is 18.4. The molecular weight excluding hydrogens is 322 g/mol. The smallest absolute Gasteiger partial charge is 0.313 e. The summed E-state index contributed by atoms with van der Waals surface area (Å²) in [6.07, 6.45) is 1.40. The largest absolute Gasteiger partial charge is 0.491 e. The number of carbonyl (C=O) groups excluding carboxylic acids is 1. The van der Waals surface area contributed by atoms with Crippen molar-refractivity contribution in [2.75, 3.05) is 26.8 Å². The van der Waals surface area contributed by atoms with Crippen LogP contribution < -0.4 is 4.74 Å². The molecule has 138 valence electrons. The molecule has 1 N–H and O–H groups in total. The van der Waals surface area contributed by atoms with E-state index >= 15 is 0 Å². The third-order valence-corrected chi connectivity index (χ3v) is 4.48. The fourth-order valence-corrected chi connectivity index (χ4v) is 3.27. The molecule has 1 fully saturated rings. The first-order valence-corrected chi connectivity index (χ1v) is 8.62. The average Bonchev–Trinajstić information content (AvgIpc) is 2.56. The maximum Gasteiger partial charge on any atom is 0.313 e. The Morgan fingerprint density at radius 1 is 1.32 bits per heavy atom. The summed E-state index contributed by atoms with van der Waals surface area (Å²) in [5.41, 5.74) is -0.198. The second-order valence-corrected chi connectivity index (χ2v) is 6.89. The molecule has 25 heavy (non-hydrogen) atoms. The number of benzene rings is 1. The van der Waals surface area contributed by atoms with E-state index in [2.05, 4.69) is 0 Å². The summed E-state index contributed by atoms with van der Waals surface area (Å²) in [5, 5.41) is 9.61. The van der Waals surface area contributed by atoms with Crippen molar-refractivity contribution in [2.24, 2.45) is 5.41 Å². The summed E-state index contributed by atoms with van der Waals surface area (Å²) in [6.45, 7) is 4.75. The Labute approximate surface area is 148 Å². The normalized spacial score (nSPS) is 20.6. The molecule has 0 spiro atoms. The molecule has 1 aromatic rings. The van der Waals surface area contributed by atoms with E-state index in [1.807, 2.05) is 38.1 Å². The van der Waals surface area contributed by atoms with E-state index in [4.69, 9.17) is 9.47 Å². The molecule has 0 bridgehead atoms. The van der Waals surface area contributed by atoms with Crippen LogP contribution in [0.1, 0.15) is 32.3 Å². The maximum atomic E-state index is 12.8. The molecule has 1 atom stereocenters. The highest BCUT2D eigenvalue weighted by Gasteiger charge is 2.43. The molecule has 1 aliphatic heterocycles. The summed E-state index contributed by atoms with van der Waals surface area (Å²) in [5.74, 6) is -0.291. The van der Waals surface area contributed by atoms with Gasteiger partial charge < -0.3 is 19.5 Å². The van der Waals surface area contributed by atoms with E-state index in [0.29, 0.717) is 25.1 Å². The summed E-state index contributed by atoms with van der Waals surface area (Å²) >= 11 is 0. The number of rotatable bonds is 7. The number of hydrogen-bond acceptors (Lipinski definition) is 4. The van der Waals surface area contributed by atoms with Crippen LogP contribution in [0.3, 0.4) is 0 Å². The minimum Gasteiger partial charge on any atom is -0.491 e. The molecule has 6 nitrogen and oxygen atoms in total. The average molecular weight is 349 g/mol. The predicted molar refractivity (Wildman–Crippen MR) is 93.7 cm³/mol. The van der Waals surface area contributed by atoms with Gasteiger partial charge in [-0.3, -0.25) is 9.59 Å². The second kappa shape index (κ2) is 8.34. The van der Waals surface area contributed by atoms with Crippen molar-refractivity contribution in [3.63, 3.8) is 0 Å². The summed E-state index contributed by atoms with van der Waals surface area (Å²) in [4.78, 5) is 26.1. The first kappa shape index (κ1) is 19.2. The Balaban J connectivity index is 2.12. The van der Waals surface area contributed by atoms with Crippen molar-refractivity contribution >= 4 is 11.9 Å². The molecule has 0 aromatic heterocycles. The van der Waals surface area contributed by atoms with Crippen molar-refractivity contribution in [3.05, 3.63) is 29.8 Å². The van der Waals surface area contributed by atoms with Gasteiger partial charge in [0.15, 0.2) is 0 Å². The number of para-hydroxylation sites is 1. The number of amides is 1. The zero-order valence-corrected chi connectivity index (χ0v) is 15.2. The van der Waals surface area contributed by atoms with Gasteiger partial charge in [-0.15, -0.1) is 0 Å². The standard InChI is InChI=1S/C19H27NO5/c1-14(2)25-16-8-5-4-7-15(16)11-17(21)20-10-6-9-19(12-20,13-24-3)18(22)23/h4-5,7-8,14H,6,9-13H2,1-3H3,(H,22,23). The minimum absolute atomic E-state index is 0.0209. The van der Waals surface area contributed by atoms with Crippen LogP contribution in [0, 0.1) is 5.41 Å². The maximum absolute atomic E-state index is 12.8. The third kappa shape index (κ3) is 4.72. The predicted octanol–water partition coefficient (Wildman–Crippen LogP) is 2.36. The van der Waals surface area contributed by atoms with Gasteiger partial charge >= 0.3 is 5.97 Å². The van der Waals surface area contributed by atoms with Gasteiger partial charge in [-0.05, 0) is 32.8 Å². The second-order valence-electron chi connectivity index (χ2n) is 6.89. The first-order valence-electron chi connectivity index (χ1n) is 8.62. The van der Waals surface area contributed by atoms with E-state index in [1.54, 1.807) is 4.90 Å². The lowest BCUT2D eigenvalue weighted by molar-refractivity contribution is -0.159. The van der Waals surface area contributed by atoms with Crippen molar-refractivity contribution in [2.45, 2.75) is 39.2 Å². The van der Waals surface area contributed by atoms with Crippen LogP contribution in [0.4, 0.5) is 0 Å². The zero-order valence-electron chi connectivity index (χ0n) is 15.2. The molecule has 0 radical (unpaired) electrons. The number of carboxylic acid groups (broad SMARTS) is 1. The highest BCUT2D eigenvalue weighted by molar-refractivity contribution is 5.82. The number of carboxylic acids is 1. The number of likely N-dealkylation sites (tertiary alicyclic amines) is 1. The van der Waals surface area contributed by atoms with Crippen LogP contribution in [0.2, 0.25) is 0 Å². The number of methoxy groups -OCH3 is 1. The van der Waals surface area contributed by atoms with Crippen LogP contribution >= 0.6 is 0 Å². The lowest BCUT2D eigenvalue weighted by Gasteiger charge is -2.39. The molecule has 0 saturated carbocycles. The Morgan fingerprint density at radius 3 is 2.68 bits per heavy atom. The van der Waals surface area contributed by atoms with Crippen LogP contribution in [-0.4, -0.2) is 54.8 Å².